The second-order valence-electron chi connectivity index (χ2n) is 6.80. The minimum Gasteiger partial charge on any atom is -0.354 e. The summed E-state index contributed by atoms with van der Waals surface area (Å²) in [7, 11) is -0.786. The summed E-state index contributed by atoms with van der Waals surface area (Å²) in [5, 5.41) is 0. The number of piperazine rings is 1. The highest BCUT2D eigenvalue weighted by atomic mass is 32.2. The molecule has 8 heteroatoms. The van der Waals surface area contributed by atoms with Crippen molar-refractivity contribution in [1.29, 1.82) is 0 Å². The van der Waals surface area contributed by atoms with Crippen molar-refractivity contribution in [2.75, 3.05) is 61.1 Å². The molecule has 3 rings (SSSR count). The van der Waals surface area contributed by atoms with Crippen LogP contribution in [-0.4, -0.2) is 80.6 Å². The molecule has 0 aromatic carbocycles. The smallest absolute Gasteiger partial charge is 0.227 e. The van der Waals surface area contributed by atoms with Crippen LogP contribution in [0, 0.1) is 6.92 Å². The van der Waals surface area contributed by atoms with Gasteiger partial charge in [-0.25, -0.2) is 13.4 Å². The van der Waals surface area contributed by atoms with Gasteiger partial charge in [0.15, 0.2) is 9.84 Å². The molecule has 1 aromatic rings. The van der Waals surface area contributed by atoms with Crippen molar-refractivity contribution in [3.63, 3.8) is 0 Å². The lowest BCUT2D eigenvalue weighted by atomic mass is 10.2. The number of hydrogen-bond acceptors (Lipinski definition) is 7. The Morgan fingerprint density at radius 2 is 1.96 bits per heavy atom. The van der Waals surface area contributed by atoms with Crippen molar-refractivity contribution < 1.29 is 8.42 Å². The molecular weight excluding hydrogens is 326 g/mol. The fourth-order valence-electron chi connectivity index (χ4n) is 3.45. The zero-order valence-electron chi connectivity index (χ0n) is 14.8. The van der Waals surface area contributed by atoms with Gasteiger partial charge in [-0.3, -0.25) is 0 Å². The number of anilines is 2. The highest BCUT2D eigenvalue weighted by Crippen LogP contribution is 2.24. The molecule has 0 radical (unpaired) electrons. The van der Waals surface area contributed by atoms with Crippen LogP contribution in [0.2, 0.25) is 0 Å². The molecule has 1 atom stereocenters. The average Bonchev–Trinajstić information content (AvgIpc) is 2.88. The van der Waals surface area contributed by atoms with E-state index in [0.717, 1.165) is 37.7 Å². The van der Waals surface area contributed by atoms with Crippen molar-refractivity contribution in [1.82, 2.24) is 14.9 Å². The molecule has 2 fully saturated rings. The summed E-state index contributed by atoms with van der Waals surface area (Å²) in [5.74, 6) is 2.09. The highest BCUT2D eigenvalue weighted by molar-refractivity contribution is 7.91. The summed E-state index contributed by atoms with van der Waals surface area (Å²) < 4.78 is 23.6. The largest absolute Gasteiger partial charge is 0.354 e. The third-order valence-corrected chi connectivity index (χ3v) is 6.65. The van der Waals surface area contributed by atoms with Crippen LogP contribution in [0.3, 0.4) is 0 Å². The molecule has 24 heavy (non-hydrogen) atoms. The van der Waals surface area contributed by atoms with Crippen LogP contribution >= 0.6 is 0 Å². The zero-order chi connectivity index (χ0) is 17.3. The lowest BCUT2D eigenvalue weighted by molar-refractivity contribution is 0.312. The lowest BCUT2D eigenvalue weighted by Crippen LogP contribution is -2.45. The van der Waals surface area contributed by atoms with E-state index in [1.165, 1.54) is 0 Å². The van der Waals surface area contributed by atoms with Crippen LogP contribution in [0.5, 0.6) is 0 Å². The molecule has 0 aliphatic carbocycles. The van der Waals surface area contributed by atoms with Crippen LogP contribution in [0.15, 0.2) is 6.07 Å². The number of aryl methyl sites for hydroxylation is 1. The second-order valence-corrected chi connectivity index (χ2v) is 9.03. The van der Waals surface area contributed by atoms with Crippen LogP contribution in [0.1, 0.15) is 19.0 Å². The maximum absolute atomic E-state index is 11.8. The van der Waals surface area contributed by atoms with Crippen LogP contribution in [-0.2, 0) is 9.84 Å². The van der Waals surface area contributed by atoms with E-state index in [0.29, 0.717) is 18.9 Å². The maximum atomic E-state index is 11.8. The molecule has 3 heterocycles. The average molecular weight is 353 g/mol. The van der Waals surface area contributed by atoms with Crippen LogP contribution in [0.25, 0.3) is 0 Å². The fraction of sp³-hybridized carbons (Fsp3) is 0.750. The molecule has 0 saturated carbocycles. The summed E-state index contributed by atoms with van der Waals surface area (Å²) in [4.78, 5) is 16.0. The molecule has 2 saturated heterocycles. The van der Waals surface area contributed by atoms with Gasteiger partial charge in [-0.1, -0.05) is 0 Å². The SMILES string of the molecule is CCN(c1nc(C)cc(N2CCN(C)CC2)n1)C1CCS(=O)(=O)C1. The number of sulfone groups is 1. The third-order valence-electron chi connectivity index (χ3n) is 4.90. The van der Waals surface area contributed by atoms with Gasteiger partial charge < -0.3 is 14.7 Å². The molecule has 0 bridgehead atoms. The number of nitrogens with zero attached hydrogens (tertiary/aromatic N) is 5. The minimum atomic E-state index is -2.92. The van der Waals surface area contributed by atoms with E-state index in [1.807, 2.05) is 19.9 Å². The second kappa shape index (κ2) is 6.84. The number of hydrogen-bond donors (Lipinski definition) is 0. The maximum Gasteiger partial charge on any atom is 0.227 e. The predicted octanol–water partition coefficient (Wildman–Crippen LogP) is 0.550. The number of rotatable bonds is 4. The topological polar surface area (TPSA) is 69.6 Å². The van der Waals surface area contributed by atoms with E-state index in [-0.39, 0.29) is 17.5 Å². The highest BCUT2D eigenvalue weighted by Gasteiger charge is 2.33. The van der Waals surface area contributed by atoms with Crippen molar-refractivity contribution in [3.05, 3.63) is 11.8 Å². The normalized spacial score (nSPS) is 24.3. The molecule has 2 aliphatic rings. The minimum absolute atomic E-state index is 0.0119. The molecule has 0 spiro atoms. The quantitative estimate of drug-likeness (QED) is 0.783. The first-order valence-electron chi connectivity index (χ1n) is 8.64. The molecule has 2 aliphatic heterocycles. The first kappa shape index (κ1) is 17.4. The van der Waals surface area contributed by atoms with E-state index in [2.05, 4.69) is 26.7 Å². The number of likely N-dealkylation sites (N-methyl/N-ethyl adjacent to an activating group) is 1. The predicted molar refractivity (Wildman–Crippen MR) is 96.6 cm³/mol. The van der Waals surface area contributed by atoms with Crippen LogP contribution in [0.4, 0.5) is 11.8 Å². The number of aromatic nitrogens is 2. The summed E-state index contributed by atoms with van der Waals surface area (Å²) in [6.07, 6.45) is 0.664. The molecule has 7 nitrogen and oxygen atoms in total. The summed E-state index contributed by atoms with van der Waals surface area (Å²) in [6.45, 7) is 8.68. The van der Waals surface area contributed by atoms with Crippen molar-refractivity contribution >= 4 is 21.6 Å². The summed E-state index contributed by atoms with van der Waals surface area (Å²) >= 11 is 0. The monoisotopic (exact) mass is 353 g/mol. The van der Waals surface area contributed by atoms with Gasteiger partial charge in [0.1, 0.15) is 5.82 Å². The Kier molecular flexibility index (Phi) is 4.96. The Balaban J connectivity index is 1.84. The standard InChI is InChI=1S/C16H27N5O2S/c1-4-21(14-5-10-24(22,23)12-14)16-17-13(2)11-15(18-16)20-8-6-19(3)7-9-20/h11,14H,4-10,12H2,1-3H3. The molecular formula is C16H27N5O2S. The van der Waals surface area contributed by atoms with Crippen molar-refractivity contribution in [2.24, 2.45) is 0 Å². The molecule has 134 valence electrons. The zero-order valence-corrected chi connectivity index (χ0v) is 15.6. The van der Waals surface area contributed by atoms with Gasteiger partial charge in [-0.15, -0.1) is 0 Å². The van der Waals surface area contributed by atoms with Crippen molar-refractivity contribution in [3.8, 4) is 0 Å². The fourth-order valence-corrected chi connectivity index (χ4v) is 5.18. The van der Waals surface area contributed by atoms with Crippen molar-refractivity contribution in [2.45, 2.75) is 26.3 Å². The van der Waals surface area contributed by atoms with E-state index in [4.69, 9.17) is 4.98 Å². The van der Waals surface area contributed by atoms with Gasteiger partial charge in [0, 0.05) is 50.5 Å². The van der Waals surface area contributed by atoms with E-state index in [1.54, 1.807) is 0 Å². The molecule has 1 aromatic heterocycles. The first-order valence-corrected chi connectivity index (χ1v) is 10.5. The summed E-state index contributed by atoms with van der Waals surface area (Å²) in [6, 6.07) is 2.01. The van der Waals surface area contributed by atoms with Gasteiger partial charge in [0.05, 0.1) is 11.5 Å². The van der Waals surface area contributed by atoms with Gasteiger partial charge >= 0.3 is 0 Å². The summed E-state index contributed by atoms with van der Waals surface area (Å²) in [5.41, 5.74) is 0.924. The Bertz CT molecular complexity index is 686. The van der Waals surface area contributed by atoms with Gasteiger partial charge in [0.25, 0.3) is 0 Å². The Morgan fingerprint density at radius 3 is 2.54 bits per heavy atom. The molecule has 0 amide bonds. The first-order chi connectivity index (χ1) is 11.4. The Hall–Kier alpha value is -1.41. The molecule has 1 unspecified atom stereocenters. The Morgan fingerprint density at radius 1 is 1.25 bits per heavy atom. The molecule has 0 N–H and O–H groups in total. The van der Waals surface area contributed by atoms with Gasteiger partial charge in [0.2, 0.25) is 5.95 Å². The van der Waals surface area contributed by atoms with E-state index < -0.39 is 9.84 Å². The van der Waals surface area contributed by atoms with Gasteiger partial charge in [-0.05, 0) is 27.3 Å². The van der Waals surface area contributed by atoms with Crippen LogP contribution < -0.4 is 9.80 Å². The van der Waals surface area contributed by atoms with E-state index in [9.17, 15) is 8.42 Å². The lowest BCUT2D eigenvalue weighted by Gasteiger charge is -2.34. The van der Waals surface area contributed by atoms with E-state index >= 15 is 0 Å². The Labute approximate surface area is 144 Å². The van der Waals surface area contributed by atoms with Gasteiger partial charge in [-0.2, -0.15) is 4.98 Å². The third kappa shape index (κ3) is 3.80.